The van der Waals surface area contributed by atoms with Gasteiger partial charge in [-0.3, -0.25) is 0 Å². The second-order valence-electron chi connectivity index (χ2n) is 4.94. The van der Waals surface area contributed by atoms with Crippen molar-refractivity contribution in [2.45, 2.75) is 19.4 Å². The Morgan fingerprint density at radius 2 is 1.79 bits per heavy atom. The molecule has 0 saturated carbocycles. The Morgan fingerprint density at radius 3 is 2.63 bits per heavy atom. The van der Waals surface area contributed by atoms with Crippen LogP contribution in [0.5, 0.6) is 0 Å². The fraction of sp³-hybridized carbons (Fsp3) is 0.250. The minimum absolute atomic E-state index is 0.264. The number of aryl methyl sites for hydroxylation is 1. The van der Waals surface area contributed by atoms with Crippen molar-refractivity contribution in [3.63, 3.8) is 0 Å². The molecule has 0 saturated heterocycles. The molecule has 1 atom stereocenters. The third-order valence-electron chi connectivity index (χ3n) is 3.73. The standard InChI is InChI=1S/C16H15F2N/c1-10-6-7-13(15(18)14(10)17)16-12-5-3-2-4-11(12)8-9-19-16/h2-7,16,19H,8-9H2,1H3. The van der Waals surface area contributed by atoms with Gasteiger partial charge in [0, 0.05) is 12.1 Å². The molecule has 1 unspecified atom stereocenters. The van der Waals surface area contributed by atoms with E-state index < -0.39 is 11.6 Å². The summed E-state index contributed by atoms with van der Waals surface area (Å²) in [6.07, 6.45) is 0.919. The number of nitrogens with one attached hydrogen (secondary N) is 1. The minimum atomic E-state index is -0.748. The molecule has 3 rings (SSSR count). The van der Waals surface area contributed by atoms with Crippen molar-refractivity contribution in [2.24, 2.45) is 0 Å². The molecular formula is C16H15F2N. The third kappa shape index (κ3) is 2.04. The van der Waals surface area contributed by atoms with Gasteiger partial charge in [0.15, 0.2) is 11.6 Å². The van der Waals surface area contributed by atoms with E-state index in [0.29, 0.717) is 11.1 Å². The number of halogens is 2. The molecule has 0 fully saturated rings. The summed E-state index contributed by atoms with van der Waals surface area (Å²) in [4.78, 5) is 0. The van der Waals surface area contributed by atoms with Gasteiger partial charge in [0.25, 0.3) is 0 Å². The Labute approximate surface area is 111 Å². The van der Waals surface area contributed by atoms with Crippen molar-refractivity contribution >= 4 is 0 Å². The van der Waals surface area contributed by atoms with Crippen molar-refractivity contribution in [1.82, 2.24) is 5.32 Å². The van der Waals surface area contributed by atoms with Gasteiger partial charge in [-0.05, 0) is 30.0 Å². The van der Waals surface area contributed by atoms with Gasteiger partial charge in [-0.25, -0.2) is 8.78 Å². The fourth-order valence-electron chi connectivity index (χ4n) is 2.67. The number of hydrogen-bond acceptors (Lipinski definition) is 1. The topological polar surface area (TPSA) is 12.0 Å². The average molecular weight is 259 g/mol. The van der Waals surface area contributed by atoms with Crippen molar-refractivity contribution in [3.05, 3.63) is 70.3 Å². The summed E-state index contributed by atoms with van der Waals surface area (Å²) in [6, 6.07) is 11.0. The lowest BCUT2D eigenvalue weighted by molar-refractivity contribution is 0.470. The molecule has 0 amide bonds. The second-order valence-corrected chi connectivity index (χ2v) is 4.94. The van der Waals surface area contributed by atoms with E-state index in [1.807, 2.05) is 24.3 Å². The molecule has 3 heteroatoms. The van der Waals surface area contributed by atoms with E-state index in [0.717, 1.165) is 18.5 Å². The average Bonchev–Trinajstić information content (AvgIpc) is 2.45. The molecule has 1 heterocycles. The van der Waals surface area contributed by atoms with Gasteiger partial charge in [0.1, 0.15) is 0 Å². The van der Waals surface area contributed by atoms with Crippen LogP contribution in [-0.2, 0) is 6.42 Å². The van der Waals surface area contributed by atoms with Crippen LogP contribution in [0.25, 0.3) is 0 Å². The van der Waals surface area contributed by atoms with E-state index in [9.17, 15) is 8.78 Å². The number of fused-ring (bicyclic) bond motifs is 1. The van der Waals surface area contributed by atoms with Gasteiger partial charge in [-0.1, -0.05) is 36.4 Å². The number of rotatable bonds is 1. The van der Waals surface area contributed by atoms with E-state index in [2.05, 4.69) is 5.32 Å². The van der Waals surface area contributed by atoms with Gasteiger partial charge in [0.2, 0.25) is 0 Å². The largest absolute Gasteiger partial charge is 0.306 e. The highest BCUT2D eigenvalue weighted by molar-refractivity contribution is 5.41. The van der Waals surface area contributed by atoms with E-state index in [-0.39, 0.29) is 6.04 Å². The second kappa shape index (κ2) is 4.74. The first-order chi connectivity index (χ1) is 9.18. The summed E-state index contributed by atoms with van der Waals surface area (Å²) in [5.74, 6) is -1.49. The Bertz CT molecular complexity index is 622. The highest BCUT2D eigenvalue weighted by Gasteiger charge is 2.25. The van der Waals surface area contributed by atoms with Crippen LogP contribution in [0.2, 0.25) is 0 Å². The third-order valence-corrected chi connectivity index (χ3v) is 3.73. The van der Waals surface area contributed by atoms with Gasteiger partial charge < -0.3 is 5.32 Å². The van der Waals surface area contributed by atoms with Crippen LogP contribution in [0.4, 0.5) is 8.78 Å². The van der Waals surface area contributed by atoms with Gasteiger partial charge in [-0.2, -0.15) is 0 Å². The van der Waals surface area contributed by atoms with Crippen LogP contribution < -0.4 is 5.32 Å². The first kappa shape index (κ1) is 12.3. The summed E-state index contributed by atoms with van der Waals surface area (Å²) >= 11 is 0. The molecule has 2 aromatic carbocycles. The predicted molar refractivity (Wildman–Crippen MR) is 71.1 cm³/mol. The molecule has 1 N–H and O–H groups in total. The maximum absolute atomic E-state index is 14.1. The molecule has 0 aliphatic carbocycles. The lowest BCUT2D eigenvalue weighted by atomic mass is 9.89. The van der Waals surface area contributed by atoms with Gasteiger partial charge >= 0.3 is 0 Å². The molecule has 1 aliphatic rings. The SMILES string of the molecule is Cc1ccc(C2NCCc3ccccc32)c(F)c1F. The molecule has 0 aromatic heterocycles. The highest BCUT2D eigenvalue weighted by atomic mass is 19.2. The minimum Gasteiger partial charge on any atom is -0.306 e. The first-order valence-corrected chi connectivity index (χ1v) is 6.44. The van der Waals surface area contributed by atoms with E-state index >= 15 is 0 Å². The molecule has 19 heavy (non-hydrogen) atoms. The molecule has 2 aromatic rings. The van der Waals surface area contributed by atoms with Crippen LogP contribution in [0, 0.1) is 18.6 Å². The summed E-state index contributed by atoms with van der Waals surface area (Å²) < 4.78 is 27.8. The normalized spacial score (nSPS) is 18.2. The monoisotopic (exact) mass is 259 g/mol. The Morgan fingerprint density at radius 1 is 1.00 bits per heavy atom. The van der Waals surface area contributed by atoms with Gasteiger partial charge in [-0.15, -0.1) is 0 Å². The quantitative estimate of drug-likeness (QED) is 0.826. The maximum Gasteiger partial charge on any atom is 0.164 e. The lowest BCUT2D eigenvalue weighted by Gasteiger charge is -2.27. The van der Waals surface area contributed by atoms with E-state index in [1.165, 1.54) is 5.56 Å². The zero-order valence-corrected chi connectivity index (χ0v) is 10.7. The molecule has 0 radical (unpaired) electrons. The lowest BCUT2D eigenvalue weighted by Crippen LogP contribution is -2.31. The van der Waals surface area contributed by atoms with Gasteiger partial charge in [0.05, 0.1) is 6.04 Å². The zero-order chi connectivity index (χ0) is 13.4. The summed E-state index contributed by atoms with van der Waals surface area (Å²) in [5.41, 5.74) is 2.96. The summed E-state index contributed by atoms with van der Waals surface area (Å²) in [6.45, 7) is 2.35. The molecular weight excluding hydrogens is 244 g/mol. The van der Waals surface area contributed by atoms with Crippen LogP contribution in [0.3, 0.4) is 0 Å². The van der Waals surface area contributed by atoms with Crippen molar-refractivity contribution in [2.75, 3.05) is 6.54 Å². The number of benzene rings is 2. The molecule has 1 aliphatic heterocycles. The maximum atomic E-state index is 14.1. The van der Waals surface area contributed by atoms with Crippen molar-refractivity contribution in [1.29, 1.82) is 0 Å². The highest BCUT2D eigenvalue weighted by Crippen LogP contribution is 2.31. The van der Waals surface area contributed by atoms with Crippen LogP contribution >= 0.6 is 0 Å². The zero-order valence-electron chi connectivity index (χ0n) is 10.7. The number of hydrogen-bond donors (Lipinski definition) is 1. The smallest absolute Gasteiger partial charge is 0.164 e. The Kier molecular flexibility index (Phi) is 3.07. The van der Waals surface area contributed by atoms with E-state index in [1.54, 1.807) is 19.1 Å². The van der Waals surface area contributed by atoms with E-state index in [4.69, 9.17) is 0 Å². The summed E-state index contributed by atoms with van der Waals surface area (Å²) in [7, 11) is 0. The molecule has 0 spiro atoms. The Balaban J connectivity index is 2.12. The fourth-order valence-corrected chi connectivity index (χ4v) is 2.67. The van der Waals surface area contributed by atoms with Crippen LogP contribution in [-0.4, -0.2) is 6.54 Å². The molecule has 0 bridgehead atoms. The van der Waals surface area contributed by atoms with Crippen LogP contribution in [0.1, 0.15) is 28.3 Å². The molecule has 98 valence electrons. The molecule has 1 nitrogen and oxygen atoms in total. The van der Waals surface area contributed by atoms with Crippen LogP contribution in [0.15, 0.2) is 36.4 Å². The predicted octanol–water partition coefficient (Wildman–Crippen LogP) is 3.51. The van der Waals surface area contributed by atoms with Crippen molar-refractivity contribution in [3.8, 4) is 0 Å². The summed E-state index contributed by atoms with van der Waals surface area (Å²) in [5, 5.41) is 3.27. The van der Waals surface area contributed by atoms with Crippen molar-refractivity contribution < 1.29 is 8.78 Å². The first-order valence-electron chi connectivity index (χ1n) is 6.44. The Hall–Kier alpha value is -1.74.